The van der Waals surface area contributed by atoms with E-state index in [1.165, 1.54) is 4.57 Å². The molecular weight excluding hydrogens is 424 g/mol. The van der Waals surface area contributed by atoms with Gasteiger partial charge in [-0.05, 0) is 86.6 Å². The summed E-state index contributed by atoms with van der Waals surface area (Å²) < 4.78 is 17.6. The molecule has 184 valence electrons. The topological polar surface area (TPSA) is 87.1 Å². The first-order chi connectivity index (χ1) is 15.0. The Hall–Kier alpha value is -3.03. The number of ether oxygens (including phenoxy) is 3. The van der Waals surface area contributed by atoms with Crippen molar-refractivity contribution in [2.75, 3.05) is 4.90 Å². The third-order valence-corrected chi connectivity index (χ3v) is 3.67. The van der Waals surface area contributed by atoms with Crippen LogP contribution in [-0.2, 0) is 14.2 Å². The maximum atomic E-state index is 12.8. The second-order valence-corrected chi connectivity index (χ2v) is 10.2. The van der Waals surface area contributed by atoms with E-state index >= 15 is 0 Å². The lowest BCUT2D eigenvalue weighted by Crippen LogP contribution is -2.43. The van der Waals surface area contributed by atoms with Crippen molar-refractivity contribution in [2.24, 2.45) is 0 Å². The van der Waals surface area contributed by atoms with E-state index in [1.54, 1.807) is 92.8 Å². The van der Waals surface area contributed by atoms with Crippen LogP contribution in [0.15, 0.2) is 30.5 Å². The van der Waals surface area contributed by atoms with Crippen molar-refractivity contribution in [1.82, 2.24) is 4.57 Å². The molecule has 33 heavy (non-hydrogen) atoms. The van der Waals surface area contributed by atoms with Crippen molar-refractivity contribution in [1.29, 1.82) is 0 Å². The van der Waals surface area contributed by atoms with Gasteiger partial charge < -0.3 is 14.2 Å². The van der Waals surface area contributed by atoms with Crippen LogP contribution in [0.4, 0.5) is 20.1 Å². The first-order valence-electron chi connectivity index (χ1n) is 11.1. The van der Waals surface area contributed by atoms with Gasteiger partial charge in [-0.25, -0.2) is 14.4 Å². The van der Waals surface area contributed by atoms with Crippen LogP contribution in [0.2, 0.25) is 0 Å². The zero-order valence-electron chi connectivity index (χ0n) is 21.7. The van der Waals surface area contributed by atoms with Crippen molar-refractivity contribution >= 4 is 34.9 Å². The highest BCUT2D eigenvalue weighted by Crippen LogP contribution is 2.27. The molecule has 1 aromatic carbocycles. The number of hydrogen-bond acceptors (Lipinski definition) is 6. The Kier molecular flexibility index (Phi) is 8.72. The predicted octanol–water partition coefficient (Wildman–Crippen LogP) is 7.13. The van der Waals surface area contributed by atoms with Gasteiger partial charge in [-0.3, -0.25) is 4.57 Å². The van der Waals surface area contributed by atoms with Crippen molar-refractivity contribution in [3.05, 3.63) is 30.5 Å². The van der Waals surface area contributed by atoms with Crippen LogP contribution >= 0.6 is 0 Å². The van der Waals surface area contributed by atoms with Crippen LogP contribution in [0, 0.1) is 0 Å². The summed E-state index contributed by atoms with van der Waals surface area (Å²) in [7, 11) is 0. The van der Waals surface area contributed by atoms with Crippen molar-refractivity contribution < 1.29 is 28.6 Å². The molecule has 0 aliphatic heterocycles. The van der Waals surface area contributed by atoms with E-state index in [0.717, 1.165) is 4.90 Å². The van der Waals surface area contributed by atoms with E-state index in [9.17, 15) is 14.4 Å². The monoisotopic (exact) mass is 462 g/mol. The molecule has 0 N–H and O–H groups in total. The summed E-state index contributed by atoms with van der Waals surface area (Å²) in [4.78, 5) is 38.9. The SMILES string of the molecule is CC.CC(C)(C)OC(=O)N(C(=O)OC(C)(C)C)c1ccc2c(ccn2C(=O)OC(C)(C)C)c1. The second-order valence-electron chi connectivity index (χ2n) is 10.2. The average Bonchev–Trinajstić information content (AvgIpc) is 3.02. The molecule has 8 heteroatoms. The molecule has 0 fully saturated rings. The molecule has 8 nitrogen and oxygen atoms in total. The highest BCUT2D eigenvalue weighted by molar-refractivity contribution is 6.10. The summed E-state index contributed by atoms with van der Waals surface area (Å²) in [6.45, 7) is 19.6. The normalized spacial score (nSPS) is 11.8. The van der Waals surface area contributed by atoms with Crippen LogP contribution < -0.4 is 4.90 Å². The van der Waals surface area contributed by atoms with Crippen LogP contribution in [0.5, 0.6) is 0 Å². The molecule has 0 saturated heterocycles. The molecule has 0 radical (unpaired) electrons. The fourth-order valence-corrected chi connectivity index (χ4v) is 2.64. The fraction of sp³-hybridized carbons (Fsp3) is 0.560. The highest BCUT2D eigenvalue weighted by Gasteiger charge is 2.33. The third kappa shape index (κ3) is 8.44. The molecule has 0 aliphatic carbocycles. The van der Waals surface area contributed by atoms with Gasteiger partial charge in [-0.1, -0.05) is 13.8 Å². The fourth-order valence-electron chi connectivity index (χ4n) is 2.64. The van der Waals surface area contributed by atoms with Crippen LogP contribution in [-0.4, -0.2) is 39.6 Å². The number of rotatable bonds is 1. The minimum Gasteiger partial charge on any atom is -0.443 e. The third-order valence-electron chi connectivity index (χ3n) is 3.67. The molecule has 2 aromatic rings. The molecule has 0 bridgehead atoms. The molecule has 0 unspecified atom stereocenters. The smallest absolute Gasteiger partial charge is 0.424 e. The summed E-state index contributed by atoms with van der Waals surface area (Å²) in [5, 5.41) is 0.639. The molecular formula is C25H38N2O6. The van der Waals surface area contributed by atoms with E-state index in [1.807, 2.05) is 13.8 Å². The van der Waals surface area contributed by atoms with Gasteiger partial charge in [0.2, 0.25) is 0 Å². The van der Waals surface area contributed by atoms with Crippen molar-refractivity contribution in [3.63, 3.8) is 0 Å². The summed E-state index contributed by atoms with van der Waals surface area (Å²) in [5.41, 5.74) is -1.41. The zero-order chi connectivity index (χ0) is 25.8. The van der Waals surface area contributed by atoms with Crippen molar-refractivity contribution in [2.45, 2.75) is 93.0 Å². The number of benzene rings is 1. The Morgan fingerprint density at radius 1 is 0.727 bits per heavy atom. The minimum absolute atomic E-state index is 0.262. The van der Waals surface area contributed by atoms with Gasteiger partial charge >= 0.3 is 18.3 Å². The van der Waals surface area contributed by atoms with Gasteiger partial charge in [0.05, 0.1) is 11.2 Å². The first kappa shape index (κ1) is 28.0. The Labute approximate surface area is 196 Å². The van der Waals surface area contributed by atoms with Crippen LogP contribution in [0.25, 0.3) is 10.9 Å². The number of carbonyl (C=O) groups is 3. The number of anilines is 1. The molecule has 2 amide bonds. The summed E-state index contributed by atoms with van der Waals surface area (Å²) in [5.74, 6) is 0. The lowest BCUT2D eigenvalue weighted by atomic mass is 10.2. The van der Waals surface area contributed by atoms with E-state index in [0.29, 0.717) is 10.9 Å². The first-order valence-corrected chi connectivity index (χ1v) is 11.1. The largest absolute Gasteiger partial charge is 0.443 e. The van der Waals surface area contributed by atoms with E-state index in [-0.39, 0.29) is 5.69 Å². The highest BCUT2D eigenvalue weighted by atomic mass is 16.6. The molecule has 2 rings (SSSR count). The number of nitrogens with zero attached hydrogens (tertiary/aromatic N) is 2. The Morgan fingerprint density at radius 3 is 1.61 bits per heavy atom. The average molecular weight is 463 g/mol. The van der Waals surface area contributed by atoms with Crippen LogP contribution in [0.3, 0.4) is 0 Å². The van der Waals surface area contributed by atoms with Gasteiger partial charge in [-0.2, -0.15) is 4.90 Å². The van der Waals surface area contributed by atoms with Crippen molar-refractivity contribution in [3.8, 4) is 0 Å². The summed E-state index contributed by atoms with van der Waals surface area (Å²) in [6.07, 6.45) is -0.653. The molecule has 1 heterocycles. The lowest BCUT2D eigenvalue weighted by Gasteiger charge is -2.28. The quantitative estimate of drug-likeness (QED) is 0.419. The maximum Gasteiger partial charge on any atom is 0.424 e. The Morgan fingerprint density at radius 2 is 1.18 bits per heavy atom. The Balaban J connectivity index is 0.00000265. The summed E-state index contributed by atoms with van der Waals surface area (Å²) in [6, 6.07) is 6.50. The summed E-state index contributed by atoms with van der Waals surface area (Å²) >= 11 is 0. The van der Waals surface area contributed by atoms with E-state index in [2.05, 4.69) is 0 Å². The molecule has 0 saturated carbocycles. The molecule has 0 spiro atoms. The number of amides is 2. The van der Waals surface area contributed by atoms with Gasteiger partial charge in [0.25, 0.3) is 0 Å². The standard InChI is InChI=1S/C23H32N2O6.C2H6/c1-21(2,3)29-18(26)24-13-12-15-14-16(10-11-17(15)24)25(19(27)30-22(4,5)6)20(28)31-23(7,8)9;1-2/h10-14H,1-9H3;1-2H3. The van der Waals surface area contributed by atoms with E-state index in [4.69, 9.17) is 14.2 Å². The van der Waals surface area contributed by atoms with Crippen LogP contribution in [0.1, 0.15) is 76.2 Å². The van der Waals surface area contributed by atoms with Gasteiger partial charge in [0, 0.05) is 11.6 Å². The van der Waals surface area contributed by atoms with Gasteiger partial charge in [-0.15, -0.1) is 0 Å². The van der Waals surface area contributed by atoms with E-state index < -0.39 is 35.1 Å². The number of fused-ring (bicyclic) bond motifs is 1. The number of aromatic nitrogens is 1. The minimum atomic E-state index is -0.854. The maximum absolute atomic E-state index is 12.8. The molecule has 0 atom stereocenters. The Bertz CT molecular complexity index is 959. The van der Waals surface area contributed by atoms with Gasteiger partial charge in [0.15, 0.2) is 0 Å². The lowest BCUT2D eigenvalue weighted by molar-refractivity contribution is 0.0428. The molecule has 0 aliphatic rings. The predicted molar refractivity (Wildman–Crippen MR) is 130 cm³/mol. The number of hydrogen-bond donors (Lipinski definition) is 0. The number of imide groups is 1. The number of carbonyl (C=O) groups excluding carboxylic acids is 3. The zero-order valence-corrected chi connectivity index (χ0v) is 21.7. The van der Waals surface area contributed by atoms with Gasteiger partial charge in [0.1, 0.15) is 16.8 Å². The second kappa shape index (κ2) is 10.3. The molecule has 1 aromatic heterocycles.